The SMILES string of the molecule is Cc1nc2ccc(C(=O)N(Cc3noc(C)n3)C(C)C)cc2[nH]1. The average Bonchev–Trinajstić information content (AvgIpc) is 3.07. The van der Waals surface area contributed by atoms with Crippen LogP contribution in [0, 0.1) is 13.8 Å². The van der Waals surface area contributed by atoms with E-state index in [1.807, 2.05) is 32.9 Å². The van der Waals surface area contributed by atoms with Crippen LogP contribution in [0.3, 0.4) is 0 Å². The van der Waals surface area contributed by atoms with Crippen LogP contribution in [-0.4, -0.2) is 37.0 Å². The molecule has 23 heavy (non-hydrogen) atoms. The predicted molar refractivity (Wildman–Crippen MR) is 84.9 cm³/mol. The van der Waals surface area contributed by atoms with Crippen molar-refractivity contribution in [3.8, 4) is 0 Å². The number of H-pyrrole nitrogens is 1. The molecule has 1 amide bonds. The number of aromatic amines is 1. The van der Waals surface area contributed by atoms with Crippen molar-refractivity contribution < 1.29 is 9.32 Å². The van der Waals surface area contributed by atoms with Crippen molar-refractivity contribution in [1.29, 1.82) is 0 Å². The average molecular weight is 313 g/mol. The van der Waals surface area contributed by atoms with Crippen LogP contribution < -0.4 is 0 Å². The number of nitrogens with zero attached hydrogens (tertiary/aromatic N) is 4. The minimum absolute atomic E-state index is 0.0144. The van der Waals surface area contributed by atoms with Crippen molar-refractivity contribution in [3.05, 3.63) is 41.3 Å². The third kappa shape index (κ3) is 3.08. The van der Waals surface area contributed by atoms with E-state index in [1.165, 1.54) is 0 Å². The predicted octanol–water partition coefficient (Wildman–Crippen LogP) is 2.61. The van der Waals surface area contributed by atoms with Gasteiger partial charge in [0.15, 0.2) is 5.82 Å². The fourth-order valence-corrected chi connectivity index (χ4v) is 2.48. The second-order valence-corrected chi connectivity index (χ2v) is 5.81. The van der Waals surface area contributed by atoms with Crippen LogP contribution in [0.25, 0.3) is 11.0 Å². The Hall–Kier alpha value is -2.70. The lowest BCUT2D eigenvalue weighted by Crippen LogP contribution is -2.36. The molecule has 0 saturated heterocycles. The van der Waals surface area contributed by atoms with Crippen LogP contribution in [0.15, 0.2) is 22.7 Å². The first kappa shape index (κ1) is 15.2. The molecule has 2 heterocycles. The van der Waals surface area contributed by atoms with Gasteiger partial charge in [-0.2, -0.15) is 4.98 Å². The fourth-order valence-electron chi connectivity index (χ4n) is 2.48. The number of imidazole rings is 1. The first-order valence-corrected chi connectivity index (χ1v) is 7.50. The summed E-state index contributed by atoms with van der Waals surface area (Å²) in [6.45, 7) is 7.86. The monoisotopic (exact) mass is 313 g/mol. The maximum Gasteiger partial charge on any atom is 0.254 e. The molecule has 7 heteroatoms. The minimum atomic E-state index is -0.0726. The molecule has 0 fully saturated rings. The number of carbonyl (C=O) groups excluding carboxylic acids is 1. The van der Waals surface area contributed by atoms with Gasteiger partial charge in [0.1, 0.15) is 5.82 Å². The summed E-state index contributed by atoms with van der Waals surface area (Å²) in [6.07, 6.45) is 0. The van der Waals surface area contributed by atoms with Crippen LogP contribution in [0.2, 0.25) is 0 Å². The summed E-state index contributed by atoms with van der Waals surface area (Å²) in [6, 6.07) is 5.49. The van der Waals surface area contributed by atoms with Crippen LogP contribution in [0.5, 0.6) is 0 Å². The highest BCUT2D eigenvalue weighted by Gasteiger charge is 2.21. The molecule has 0 aliphatic rings. The van der Waals surface area contributed by atoms with Gasteiger partial charge in [-0.25, -0.2) is 4.98 Å². The molecule has 0 atom stereocenters. The van der Waals surface area contributed by atoms with Gasteiger partial charge in [0.05, 0.1) is 17.6 Å². The Morgan fingerprint density at radius 1 is 1.30 bits per heavy atom. The number of carbonyl (C=O) groups is 1. The highest BCUT2D eigenvalue weighted by molar-refractivity contribution is 5.97. The molecule has 0 aliphatic heterocycles. The fraction of sp³-hybridized carbons (Fsp3) is 0.375. The summed E-state index contributed by atoms with van der Waals surface area (Å²) in [5.74, 6) is 1.75. The number of hydrogen-bond acceptors (Lipinski definition) is 5. The Balaban J connectivity index is 1.89. The lowest BCUT2D eigenvalue weighted by atomic mass is 10.1. The van der Waals surface area contributed by atoms with Gasteiger partial charge < -0.3 is 14.4 Å². The Bertz CT molecular complexity index is 849. The zero-order chi connectivity index (χ0) is 16.6. The molecule has 0 saturated carbocycles. The maximum absolute atomic E-state index is 12.9. The smallest absolute Gasteiger partial charge is 0.254 e. The third-order valence-corrected chi connectivity index (χ3v) is 3.61. The molecule has 0 unspecified atom stereocenters. The van der Waals surface area contributed by atoms with Crippen LogP contribution in [0.4, 0.5) is 0 Å². The molecular weight excluding hydrogens is 294 g/mol. The third-order valence-electron chi connectivity index (χ3n) is 3.61. The van der Waals surface area contributed by atoms with Crippen LogP contribution in [-0.2, 0) is 6.54 Å². The summed E-state index contributed by atoms with van der Waals surface area (Å²) >= 11 is 0. The van der Waals surface area contributed by atoms with E-state index in [-0.39, 0.29) is 11.9 Å². The molecular formula is C16H19N5O2. The van der Waals surface area contributed by atoms with Gasteiger partial charge in [-0.3, -0.25) is 4.79 Å². The highest BCUT2D eigenvalue weighted by atomic mass is 16.5. The Kier molecular flexibility index (Phi) is 3.85. The Morgan fingerprint density at radius 3 is 2.74 bits per heavy atom. The van der Waals surface area contributed by atoms with E-state index in [2.05, 4.69) is 20.1 Å². The van der Waals surface area contributed by atoms with Gasteiger partial charge in [-0.15, -0.1) is 0 Å². The highest BCUT2D eigenvalue weighted by Crippen LogP contribution is 2.17. The lowest BCUT2D eigenvalue weighted by molar-refractivity contribution is 0.0684. The topological polar surface area (TPSA) is 87.9 Å². The number of aromatic nitrogens is 4. The quantitative estimate of drug-likeness (QED) is 0.800. The summed E-state index contributed by atoms with van der Waals surface area (Å²) in [5.41, 5.74) is 2.31. The van der Waals surface area contributed by atoms with Crippen molar-refractivity contribution in [2.45, 2.75) is 40.3 Å². The van der Waals surface area contributed by atoms with E-state index < -0.39 is 0 Å². The van der Waals surface area contributed by atoms with Gasteiger partial charge in [-0.1, -0.05) is 5.16 Å². The molecule has 0 spiro atoms. The number of rotatable bonds is 4. The molecule has 0 radical (unpaired) electrons. The molecule has 1 aromatic carbocycles. The number of fused-ring (bicyclic) bond motifs is 1. The molecule has 0 aliphatic carbocycles. The molecule has 7 nitrogen and oxygen atoms in total. The number of nitrogens with one attached hydrogen (secondary N) is 1. The number of amides is 1. The molecule has 1 N–H and O–H groups in total. The van der Waals surface area contributed by atoms with Crippen LogP contribution in [0.1, 0.15) is 41.7 Å². The summed E-state index contributed by atoms with van der Waals surface area (Å²) in [5, 5.41) is 3.87. The van der Waals surface area contributed by atoms with E-state index in [4.69, 9.17) is 4.52 Å². The van der Waals surface area contributed by atoms with Gasteiger partial charge in [-0.05, 0) is 39.0 Å². The van der Waals surface area contributed by atoms with Gasteiger partial charge >= 0.3 is 0 Å². The van der Waals surface area contributed by atoms with Crippen molar-refractivity contribution in [1.82, 2.24) is 25.0 Å². The van der Waals surface area contributed by atoms with E-state index in [0.29, 0.717) is 23.8 Å². The number of benzene rings is 1. The lowest BCUT2D eigenvalue weighted by Gasteiger charge is -2.25. The second kappa shape index (κ2) is 5.83. The molecule has 3 aromatic rings. The first-order valence-electron chi connectivity index (χ1n) is 7.50. The number of aryl methyl sites for hydroxylation is 2. The van der Waals surface area contributed by atoms with Crippen molar-refractivity contribution in [3.63, 3.8) is 0 Å². The molecule has 120 valence electrons. The van der Waals surface area contributed by atoms with E-state index in [9.17, 15) is 4.79 Å². The van der Waals surface area contributed by atoms with E-state index in [0.717, 1.165) is 16.9 Å². The summed E-state index contributed by atoms with van der Waals surface area (Å²) in [7, 11) is 0. The van der Waals surface area contributed by atoms with Crippen molar-refractivity contribution in [2.75, 3.05) is 0 Å². The van der Waals surface area contributed by atoms with Gasteiger partial charge in [0, 0.05) is 18.5 Å². The van der Waals surface area contributed by atoms with Crippen molar-refractivity contribution >= 4 is 16.9 Å². The normalized spacial score (nSPS) is 11.3. The Morgan fingerprint density at radius 2 is 2.09 bits per heavy atom. The minimum Gasteiger partial charge on any atom is -0.342 e. The summed E-state index contributed by atoms with van der Waals surface area (Å²) in [4.78, 5) is 26.2. The maximum atomic E-state index is 12.9. The standard InChI is InChI=1S/C16H19N5O2/c1-9(2)21(8-15-19-11(4)23-20-15)16(22)12-5-6-13-14(7-12)18-10(3)17-13/h5-7,9H,8H2,1-4H3,(H,17,18). The van der Waals surface area contributed by atoms with Gasteiger partial charge in [0.25, 0.3) is 5.91 Å². The van der Waals surface area contributed by atoms with E-state index >= 15 is 0 Å². The van der Waals surface area contributed by atoms with Crippen molar-refractivity contribution in [2.24, 2.45) is 0 Å². The molecule has 3 rings (SSSR count). The molecule has 0 bridgehead atoms. The zero-order valence-corrected chi connectivity index (χ0v) is 13.6. The van der Waals surface area contributed by atoms with Crippen LogP contribution >= 0.6 is 0 Å². The Labute approximate surface area is 133 Å². The second-order valence-electron chi connectivity index (χ2n) is 5.81. The van der Waals surface area contributed by atoms with Gasteiger partial charge in [0.2, 0.25) is 5.89 Å². The zero-order valence-electron chi connectivity index (χ0n) is 13.6. The summed E-state index contributed by atoms with van der Waals surface area (Å²) < 4.78 is 4.98. The number of hydrogen-bond donors (Lipinski definition) is 1. The van der Waals surface area contributed by atoms with E-state index in [1.54, 1.807) is 17.9 Å². The largest absolute Gasteiger partial charge is 0.342 e. The first-order chi connectivity index (χ1) is 10.9. The molecule has 2 aromatic heterocycles.